The first-order valence-corrected chi connectivity index (χ1v) is 5.34. The molecule has 1 saturated heterocycles. The molecule has 0 aliphatic carbocycles. The summed E-state index contributed by atoms with van der Waals surface area (Å²) in [6, 6.07) is 0. The number of rotatable bonds is 2. The van der Waals surface area contributed by atoms with Gasteiger partial charge >= 0.3 is 0 Å². The van der Waals surface area contributed by atoms with E-state index in [1.807, 2.05) is 11.7 Å². The van der Waals surface area contributed by atoms with Crippen molar-refractivity contribution < 1.29 is 0 Å². The van der Waals surface area contributed by atoms with Crippen molar-refractivity contribution in [1.82, 2.24) is 20.1 Å². The number of hydrogen-bond donors (Lipinski definition) is 1. The molecule has 1 aliphatic heterocycles. The van der Waals surface area contributed by atoms with Crippen LogP contribution >= 0.6 is 0 Å². The number of nitrogens with one attached hydrogen (secondary N) is 1. The van der Waals surface area contributed by atoms with Crippen molar-refractivity contribution in [1.29, 1.82) is 0 Å². The van der Waals surface area contributed by atoms with Crippen molar-refractivity contribution in [2.24, 2.45) is 7.05 Å². The van der Waals surface area contributed by atoms with Gasteiger partial charge in [-0.1, -0.05) is 6.92 Å². The lowest BCUT2D eigenvalue weighted by atomic mass is 9.77. The number of piperidine rings is 1. The smallest absolute Gasteiger partial charge is 0.138 e. The zero-order valence-corrected chi connectivity index (χ0v) is 8.95. The van der Waals surface area contributed by atoms with E-state index in [0.717, 1.165) is 25.3 Å². The van der Waals surface area contributed by atoms with Gasteiger partial charge in [0.2, 0.25) is 0 Å². The number of aromatic nitrogens is 3. The van der Waals surface area contributed by atoms with Crippen LogP contribution in [0.25, 0.3) is 0 Å². The van der Waals surface area contributed by atoms with Crippen molar-refractivity contribution >= 4 is 0 Å². The van der Waals surface area contributed by atoms with Crippen molar-refractivity contribution in [3.63, 3.8) is 0 Å². The maximum atomic E-state index is 4.39. The Balaban J connectivity index is 2.31. The number of hydrogen-bond acceptors (Lipinski definition) is 3. The van der Waals surface area contributed by atoms with E-state index in [2.05, 4.69) is 22.3 Å². The van der Waals surface area contributed by atoms with Gasteiger partial charge in [-0.2, -0.15) is 5.10 Å². The average Bonchev–Trinajstić information content (AvgIpc) is 2.66. The highest BCUT2D eigenvalue weighted by molar-refractivity contribution is 5.10. The second-order valence-corrected chi connectivity index (χ2v) is 4.12. The molecule has 1 aliphatic rings. The minimum Gasteiger partial charge on any atom is -0.316 e. The Kier molecular flexibility index (Phi) is 2.54. The monoisotopic (exact) mass is 194 g/mol. The van der Waals surface area contributed by atoms with Crippen molar-refractivity contribution in [3.8, 4) is 0 Å². The maximum absolute atomic E-state index is 4.39. The summed E-state index contributed by atoms with van der Waals surface area (Å²) in [7, 11) is 1.98. The van der Waals surface area contributed by atoms with Crippen molar-refractivity contribution in [2.45, 2.75) is 31.6 Å². The first-order valence-electron chi connectivity index (χ1n) is 5.34. The highest BCUT2D eigenvalue weighted by atomic mass is 15.3. The van der Waals surface area contributed by atoms with Gasteiger partial charge in [0.05, 0.1) is 0 Å². The summed E-state index contributed by atoms with van der Waals surface area (Å²) in [6.45, 7) is 4.41. The number of nitrogens with zero attached hydrogens (tertiary/aromatic N) is 3. The fourth-order valence-corrected chi connectivity index (χ4v) is 2.39. The molecule has 78 valence electrons. The summed E-state index contributed by atoms with van der Waals surface area (Å²) < 4.78 is 1.91. The molecule has 1 atom stereocenters. The fourth-order valence-electron chi connectivity index (χ4n) is 2.39. The summed E-state index contributed by atoms with van der Waals surface area (Å²) in [5, 5.41) is 7.62. The van der Waals surface area contributed by atoms with E-state index in [9.17, 15) is 0 Å². The van der Waals surface area contributed by atoms with Crippen LogP contribution < -0.4 is 5.32 Å². The van der Waals surface area contributed by atoms with Crippen LogP contribution in [0.5, 0.6) is 0 Å². The van der Waals surface area contributed by atoms with Crippen LogP contribution in [0.1, 0.15) is 32.0 Å². The molecule has 1 aromatic heterocycles. The molecule has 0 amide bonds. The molecule has 1 unspecified atom stereocenters. The van der Waals surface area contributed by atoms with Gasteiger partial charge < -0.3 is 5.32 Å². The van der Waals surface area contributed by atoms with Gasteiger partial charge in [0.15, 0.2) is 0 Å². The summed E-state index contributed by atoms with van der Waals surface area (Å²) in [5.74, 6) is 1.13. The SMILES string of the molecule is CCC1(c2ncnn2C)CCCNC1. The summed E-state index contributed by atoms with van der Waals surface area (Å²) in [5.41, 5.74) is 0.212. The van der Waals surface area contributed by atoms with E-state index < -0.39 is 0 Å². The molecular formula is C10H18N4. The Hall–Kier alpha value is -0.900. The molecular weight excluding hydrogens is 176 g/mol. The van der Waals surface area contributed by atoms with Gasteiger partial charge in [0, 0.05) is 19.0 Å². The predicted octanol–water partition coefficient (Wildman–Crippen LogP) is 0.846. The first kappa shape index (κ1) is 9.65. The molecule has 4 heteroatoms. The topological polar surface area (TPSA) is 42.7 Å². The van der Waals surface area contributed by atoms with Crippen LogP contribution in [0.4, 0.5) is 0 Å². The van der Waals surface area contributed by atoms with Gasteiger partial charge in [-0.15, -0.1) is 0 Å². The van der Waals surface area contributed by atoms with E-state index in [1.54, 1.807) is 6.33 Å². The van der Waals surface area contributed by atoms with Crippen LogP contribution in [-0.2, 0) is 12.5 Å². The zero-order valence-electron chi connectivity index (χ0n) is 8.95. The van der Waals surface area contributed by atoms with Crippen LogP contribution in [-0.4, -0.2) is 27.9 Å². The molecule has 1 aromatic rings. The normalized spacial score (nSPS) is 27.9. The second-order valence-electron chi connectivity index (χ2n) is 4.12. The summed E-state index contributed by atoms with van der Waals surface area (Å²) in [4.78, 5) is 4.39. The Bertz CT molecular complexity index is 299. The van der Waals surface area contributed by atoms with E-state index >= 15 is 0 Å². The van der Waals surface area contributed by atoms with Gasteiger partial charge in [-0.25, -0.2) is 4.98 Å². The van der Waals surface area contributed by atoms with Gasteiger partial charge in [0.25, 0.3) is 0 Å². The largest absolute Gasteiger partial charge is 0.316 e. The third kappa shape index (κ3) is 1.43. The standard InChI is InChI=1S/C10H18N4/c1-3-10(5-4-6-11-7-10)9-12-8-13-14(9)2/h8,11H,3-7H2,1-2H3. The van der Waals surface area contributed by atoms with Gasteiger partial charge in [0.1, 0.15) is 12.2 Å². The Morgan fingerprint density at radius 2 is 2.50 bits per heavy atom. The zero-order chi connectivity index (χ0) is 10.0. The molecule has 0 saturated carbocycles. The quantitative estimate of drug-likeness (QED) is 0.759. The molecule has 0 bridgehead atoms. The van der Waals surface area contributed by atoms with E-state index in [4.69, 9.17) is 0 Å². The average molecular weight is 194 g/mol. The van der Waals surface area contributed by atoms with E-state index in [1.165, 1.54) is 12.8 Å². The molecule has 2 rings (SSSR count). The molecule has 0 aromatic carbocycles. The summed E-state index contributed by atoms with van der Waals surface area (Å²) in [6.07, 6.45) is 5.25. The molecule has 2 heterocycles. The third-order valence-corrected chi connectivity index (χ3v) is 3.33. The molecule has 0 radical (unpaired) electrons. The molecule has 0 spiro atoms. The van der Waals surface area contributed by atoms with Gasteiger partial charge in [-0.05, 0) is 25.8 Å². The minimum atomic E-state index is 0.212. The fraction of sp³-hybridized carbons (Fsp3) is 0.800. The molecule has 1 N–H and O–H groups in total. The highest BCUT2D eigenvalue weighted by Crippen LogP contribution is 2.32. The van der Waals surface area contributed by atoms with Crippen LogP contribution in [0, 0.1) is 0 Å². The van der Waals surface area contributed by atoms with Gasteiger partial charge in [-0.3, -0.25) is 4.68 Å². The minimum absolute atomic E-state index is 0.212. The second kappa shape index (κ2) is 3.69. The first-order chi connectivity index (χ1) is 6.78. The van der Waals surface area contributed by atoms with E-state index in [-0.39, 0.29) is 5.41 Å². The Morgan fingerprint density at radius 3 is 3.00 bits per heavy atom. The van der Waals surface area contributed by atoms with Crippen LogP contribution in [0.2, 0.25) is 0 Å². The van der Waals surface area contributed by atoms with E-state index in [0.29, 0.717) is 0 Å². The van der Waals surface area contributed by atoms with Crippen molar-refractivity contribution in [2.75, 3.05) is 13.1 Å². The Labute approximate surface area is 84.7 Å². The third-order valence-electron chi connectivity index (χ3n) is 3.33. The predicted molar refractivity (Wildman–Crippen MR) is 55.1 cm³/mol. The Morgan fingerprint density at radius 1 is 1.64 bits per heavy atom. The maximum Gasteiger partial charge on any atom is 0.138 e. The van der Waals surface area contributed by atoms with Crippen LogP contribution in [0.15, 0.2) is 6.33 Å². The van der Waals surface area contributed by atoms with Crippen LogP contribution in [0.3, 0.4) is 0 Å². The molecule has 14 heavy (non-hydrogen) atoms. The van der Waals surface area contributed by atoms with Crippen molar-refractivity contribution in [3.05, 3.63) is 12.2 Å². The molecule has 4 nitrogen and oxygen atoms in total. The molecule has 1 fully saturated rings. The lowest BCUT2D eigenvalue weighted by Crippen LogP contribution is -2.44. The highest BCUT2D eigenvalue weighted by Gasteiger charge is 2.35. The lowest BCUT2D eigenvalue weighted by Gasteiger charge is -2.35. The summed E-state index contributed by atoms with van der Waals surface area (Å²) >= 11 is 0. The number of aryl methyl sites for hydroxylation is 1. The lowest BCUT2D eigenvalue weighted by molar-refractivity contribution is 0.279.